The van der Waals surface area contributed by atoms with Crippen LogP contribution in [0.25, 0.3) is 17.0 Å². The van der Waals surface area contributed by atoms with E-state index in [4.69, 9.17) is 5.11 Å². The van der Waals surface area contributed by atoms with Crippen LogP contribution in [-0.4, -0.2) is 36.1 Å². The molecule has 1 atom stereocenters. The van der Waals surface area contributed by atoms with Crippen LogP contribution >= 0.6 is 11.8 Å². The fourth-order valence-electron chi connectivity index (χ4n) is 2.07. The Morgan fingerprint density at radius 2 is 2.00 bits per heavy atom. The van der Waals surface area contributed by atoms with E-state index < -0.39 is 11.2 Å². The summed E-state index contributed by atoms with van der Waals surface area (Å²) in [4.78, 5) is 11.2. The van der Waals surface area contributed by atoms with Gasteiger partial charge in [0.25, 0.3) is 0 Å². The van der Waals surface area contributed by atoms with E-state index >= 15 is 0 Å². The Morgan fingerprint density at radius 1 is 1.26 bits per heavy atom. The number of aliphatic carboxylic acids is 1. The Bertz CT molecular complexity index is 850. The van der Waals surface area contributed by atoms with Crippen LogP contribution < -0.4 is 0 Å². The molecule has 1 aromatic carbocycles. The number of carboxylic acids is 1. The summed E-state index contributed by atoms with van der Waals surface area (Å²) in [7, 11) is 0. The molecule has 6 nitrogen and oxygen atoms in total. The second-order valence-electron chi connectivity index (χ2n) is 4.83. The van der Waals surface area contributed by atoms with Crippen LogP contribution in [-0.2, 0) is 4.79 Å². The smallest absolute Gasteiger partial charge is 0.317 e. The van der Waals surface area contributed by atoms with Crippen molar-refractivity contribution < 1.29 is 14.3 Å². The molecule has 0 fully saturated rings. The molecule has 0 saturated heterocycles. The third kappa shape index (κ3) is 3.16. The van der Waals surface area contributed by atoms with Crippen LogP contribution in [0, 0.1) is 5.82 Å². The molecule has 3 rings (SSSR count). The second kappa shape index (κ2) is 6.33. The predicted octanol–water partition coefficient (Wildman–Crippen LogP) is 2.89. The minimum atomic E-state index is -0.873. The summed E-state index contributed by atoms with van der Waals surface area (Å²) in [5, 5.41) is 21.7. The first kappa shape index (κ1) is 15.4. The molecule has 0 aliphatic rings. The average Bonchev–Trinajstić information content (AvgIpc) is 2.96. The molecule has 0 radical (unpaired) electrons. The highest BCUT2D eigenvalue weighted by Crippen LogP contribution is 2.25. The number of fused-ring (bicyclic) bond motifs is 1. The van der Waals surface area contributed by atoms with Gasteiger partial charge in [0.1, 0.15) is 16.1 Å². The number of rotatable bonds is 5. The van der Waals surface area contributed by atoms with E-state index in [1.165, 1.54) is 28.4 Å². The van der Waals surface area contributed by atoms with Gasteiger partial charge < -0.3 is 5.11 Å². The largest absolute Gasteiger partial charge is 0.480 e. The molecule has 8 heteroatoms. The van der Waals surface area contributed by atoms with Gasteiger partial charge in [-0.1, -0.05) is 18.7 Å². The van der Waals surface area contributed by atoms with Crippen molar-refractivity contribution >= 4 is 23.4 Å². The van der Waals surface area contributed by atoms with E-state index in [2.05, 4.69) is 15.3 Å². The van der Waals surface area contributed by atoms with Gasteiger partial charge in [0.05, 0.1) is 0 Å². The number of thioether (sulfide) groups is 1. The summed E-state index contributed by atoms with van der Waals surface area (Å²) in [6, 6.07) is 9.32. The number of halogens is 1. The first-order valence-corrected chi connectivity index (χ1v) is 7.84. The SMILES string of the molecule is CC[C@@H](Sc1ccc2nnc(-c3ccc(F)cc3)n2n1)C(=O)O. The van der Waals surface area contributed by atoms with E-state index in [1.807, 2.05) is 6.92 Å². The summed E-state index contributed by atoms with van der Waals surface area (Å²) in [5.74, 6) is -0.730. The minimum absolute atomic E-state index is 0.334. The molecule has 0 saturated carbocycles. The third-order valence-electron chi connectivity index (χ3n) is 3.25. The van der Waals surface area contributed by atoms with Gasteiger partial charge in [-0.3, -0.25) is 4.79 Å². The predicted molar refractivity (Wildman–Crippen MR) is 83.7 cm³/mol. The van der Waals surface area contributed by atoms with E-state index in [1.54, 1.807) is 24.3 Å². The fraction of sp³-hybridized carbons (Fsp3) is 0.200. The monoisotopic (exact) mass is 332 g/mol. The van der Waals surface area contributed by atoms with Crippen LogP contribution in [0.1, 0.15) is 13.3 Å². The highest BCUT2D eigenvalue weighted by molar-refractivity contribution is 8.00. The maximum absolute atomic E-state index is 13.0. The topological polar surface area (TPSA) is 80.4 Å². The Labute approximate surface area is 135 Å². The molecular formula is C15H13FN4O2S. The Hall–Kier alpha value is -2.48. The molecule has 2 heterocycles. The van der Waals surface area contributed by atoms with Crippen LogP contribution in [0.3, 0.4) is 0 Å². The number of carboxylic acid groups (broad SMARTS) is 1. The standard InChI is InChI=1S/C15H13FN4O2S/c1-2-11(15(21)22)23-13-8-7-12-17-18-14(20(12)19-13)9-3-5-10(16)6-4-9/h3-8,11H,2H2,1H3,(H,21,22)/t11-/m1/s1. The Kier molecular flexibility index (Phi) is 4.24. The van der Waals surface area contributed by atoms with Gasteiger partial charge in [0.2, 0.25) is 0 Å². The van der Waals surface area contributed by atoms with Crippen molar-refractivity contribution in [2.45, 2.75) is 23.6 Å². The normalized spacial score (nSPS) is 12.4. The van der Waals surface area contributed by atoms with Gasteiger partial charge >= 0.3 is 5.97 Å². The van der Waals surface area contributed by atoms with Crippen molar-refractivity contribution in [2.24, 2.45) is 0 Å². The number of carbonyl (C=O) groups is 1. The minimum Gasteiger partial charge on any atom is -0.480 e. The van der Waals surface area contributed by atoms with E-state index in [0.717, 1.165) is 0 Å². The van der Waals surface area contributed by atoms with Crippen molar-refractivity contribution in [3.63, 3.8) is 0 Å². The first-order chi connectivity index (χ1) is 11.1. The van der Waals surface area contributed by atoms with Crippen molar-refractivity contribution in [3.05, 3.63) is 42.2 Å². The highest BCUT2D eigenvalue weighted by Gasteiger charge is 2.18. The number of benzene rings is 1. The van der Waals surface area contributed by atoms with Crippen molar-refractivity contribution in [1.29, 1.82) is 0 Å². The van der Waals surface area contributed by atoms with E-state index in [0.29, 0.717) is 28.5 Å². The lowest BCUT2D eigenvalue weighted by atomic mass is 10.2. The zero-order valence-electron chi connectivity index (χ0n) is 12.2. The van der Waals surface area contributed by atoms with Gasteiger partial charge in [0, 0.05) is 5.56 Å². The summed E-state index contributed by atoms with van der Waals surface area (Å²) in [6.45, 7) is 1.81. The number of hydrogen-bond donors (Lipinski definition) is 1. The molecule has 118 valence electrons. The third-order valence-corrected chi connectivity index (χ3v) is 4.53. The maximum atomic E-state index is 13.0. The maximum Gasteiger partial charge on any atom is 0.317 e. The zero-order chi connectivity index (χ0) is 16.4. The lowest BCUT2D eigenvalue weighted by molar-refractivity contribution is -0.136. The van der Waals surface area contributed by atoms with Gasteiger partial charge in [-0.05, 0) is 42.8 Å². The van der Waals surface area contributed by atoms with Crippen LogP contribution in [0.5, 0.6) is 0 Å². The van der Waals surface area contributed by atoms with Gasteiger partial charge in [-0.15, -0.1) is 10.2 Å². The van der Waals surface area contributed by atoms with Gasteiger partial charge in [0.15, 0.2) is 11.5 Å². The van der Waals surface area contributed by atoms with Crippen molar-refractivity contribution in [3.8, 4) is 11.4 Å². The molecule has 0 amide bonds. The molecule has 0 aliphatic carbocycles. The van der Waals surface area contributed by atoms with Gasteiger partial charge in [-0.25, -0.2) is 4.39 Å². The summed E-state index contributed by atoms with van der Waals surface area (Å²) < 4.78 is 14.6. The number of aromatic nitrogens is 4. The molecule has 0 aliphatic heterocycles. The fourth-order valence-corrected chi connectivity index (χ4v) is 2.90. The van der Waals surface area contributed by atoms with E-state index in [9.17, 15) is 9.18 Å². The van der Waals surface area contributed by atoms with Crippen molar-refractivity contribution in [2.75, 3.05) is 0 Å². The molecule has 0 bridgehead atoms. The lowest BCUT2D eigenvalue weighted by Gasteiger charge is -2.08. The molecule has 0 unspecified atom stereocenters. The van der Waals surface area contributed by atoms with Crippen molar-refractivity contribution in [1.82, 2.24) is 19.8 Å². The van der Waals surface area contributed by atoms with E-state index in [-0.39, 0.29) is 5.82 Å². The lowest BCUT2D eigenvalue weighted by Crippen LogP contribution is -2.15. The van der Waals surface area contributed by atoms with Gasteiger partial charge in [-0.2, -0.15) is 9.61 Å². The summed E-state index contributed by atoms with van der Waals surface area (Å²) >= 11 is 1.17. The zero-order valence-corrected chi connectivity index (χ0v) is 13.0. The summed E-state index contributed by atoms with van der Waals surface area (Å²) in [6.07, 6.45) is 0.493. The van der Waals surface area contributed by atoms with Crippen LogP contribution in [0.15, 0.2) is 41.4 Å². The molecule has 2 aromatic heterocycles. The molecule has 0 spiro atoms. The quantitative estimate of drug-likeness (QED) is 0.724. The molecule has 23 heavy (non-hydrogen) atoms. The molecule has 3 aromatic rings. The summed E-state index contributed by atoms with van der Waals surface area (Å²) in [5.41, 5.74) is 1.22. The Balaban J connectivity index is 2.00. The first-order valence-electron chi connectivity index (χ1n) is 6.96. The number of hydrogen-bond acceptors (Lipinski definition) is 5. The average molecular weight is 332 g/mol. The van der Waals surface area contributed by atoms with Crippen LogP contribution in [0.2, 0.25) is 0 Å². The second-order valence-corrected chi connectivity index (χ2v) is 6.05. The van der Waals surface area contributed by atoms with Crippen LogP contribution in [0.4, 0.5) is 4.39 Å². The highest BCUT2D eigenvalue weighted by atomic mass is 32.2. The Morgan fingerprint density at radius 3 is 2.65 bits per heavy atom. The number of nitrogens with zero attached hydrogens (tertiary/aromatic N) is 4. The molecule has 1 N–H and O–H groups in total. The molecular weight excluding hydrogens is 319 g/mol.